The van der Waals surface area contributed by atoms with E-state index in [-0.39, 0.29) is 17.1 Å². The molecule has 0 N–H and O–H groups in total. The summed E-state index contributed by atoms with van der Waals surface area (Å²) in [6, 6.07) is 0.275. The zero-order valence-corrected chi connectivity index (χ0v) is 12.9. The van der Waals surface area contributed by atoms with Crippen LogP contribution in [0.2, 0.25) is 0 Å². The number of hydrogen-bond donors (Lipinski definition) is 0. The van der Waals surface area contributed by atoms with Gasteiger partial charge < -0.3 is 4.90 Å². The Hall–Kier alpha value is -0.610. The number of hydrogen-bond acceptors (Lipinski definition) is 2. The quantitative estimate of drug-likeness (QED) is 0.569. The molecule has 4 nitrogen and oxygen atoms in total. The molecule has 19 heavy (non-hydrogen) atoms. The lowest BCUT2D eigenvalue weighted by Crippen LogP contribution is -2.59. The second-order valence-electron chi connectivity index (χ2n) is 7.34. The second kappa shape index (κ2) is 5.41. The average Bonchev–Trinajstić information content (AvgIpc) is 2.34. The molecule has 0 atom stereocenters. The first-order valence-electron chi connectivity index (χ1n) is 7.56. The van der Waals surface area contributed by atoms with Crippen molar-refractivity contribution < 1.29 is 5.21 Å². The number of nitrogens with zero attached hydrogens (tertiary/aromatic N) is 3. The number of piperidine rings is 2. The first kappa shape index (κ1) is 14.8. The fourth-order valence-corrected chi connectivity index (χ4v) is 3.54. The predicted octanol–water partition coefficient (Wildman–Crippen LogP) is 2.87. The Kier molecular flexibility index (Phi) is 4.21. The highest BCUT2D eigenvalue weighted by Crippen LogP contribution is 2.38. The van der Waals surface area contributed by atoms with Gasteiger partial charge in [-0.05, 0) is 59.8 Å². The average molecular weight is 266 g/mol. The normalized spacial score (nSPS) is 29.0. The Labute approximate surface area is 117 Å². The van der Waals surface area contributed by atoms with E-state index in [1.165, 1.54) is 24.3 Å². The van der Waals surface area contributed by atoms with E-state index in [1.54, 1.807) is 0 Å². The molecular weight excluding hydrogens is 238 g/mol. The van der Waals surface area contributed by atoms with Crippen LogP contribution in [0.4, 0.5) is 0 Å². The van der Waals surface area contributed by atoms with Crippen LogP contribution in [0.15, 0.2) is 4.99 Å². The largest absolute Gasteiger partial charge is 0.363 e. The van der Waals surface area contributed by atoms with Crippen LogP contribution < -0.4 is 0 Å². The van der Waals surface area contributed by atoms with Gasteiger partial charge in [-0.3, -0.25) is 4.99 Å². The van der Waals surface area contributed by atoms with Gasteiger partial charge in [0.1, 0.15) is 0 Å². The summed E-state index contributed by atoms with van der Waals surface area (Å²) in [5, 5.41) is 13.5. The third-order valence-corrected chi connectivity index (χ3v) is 4.40. The molecule has 109 valence electrons. The second-order valence-corrected chi connectivity index (χ2v) is 7.34. The summed E-state index contributed by atoms with van der Waals surface area (Å²) in [6.07, 6.45) is 7.65. The molecule has 0 spiro atoms. The van der Waals surface area contributed by atoms with Crippen molar-refractivity contribution in [3.63, 3.8) is 0 Å². The van der Waals surface area contributed by atoms with E-state index in [4.69, 9.17) is 4.99 Å². The van der Waals surface area contributed by atoms with Crippen LogP contribution in [0, 0.1) is 0 Å². The van der Waals surface area contributed by atoms with Crippen molar-refractivity contribution in [2.75, 3.05) is 13.1 Å². The molecule has 2 saturated heterocycles. The van der Waals surface area contributed by atoms with Gasteiger partial charge in [0, 0.05) is 24.2 Å². The van der Waals surface area contributed by atoms with E-state index in [2.05, 4.69) is 4.90 Å². The van der Waals surface area contributed by atoms with Crippen LogP contribution in [0.1, 0.15) is 59.8 Å². The van der Waals surface area contributed by atoms with Crippen LogP contribution in [0.5, 0.6) is 0 Å². The number of likely N-dealkylation sites (tertiary alicyclic amines) is 1. The maximum Gasteiger partial charge on any atom is 0.0853 e. The van der Waals surface area contributed by atoms with Gasteiger partial charge in [-0.25, -0.2) is 0 Å². The molecule has 2 fully saturated rings. The van der Waals surface area contributed by atoms with Crippen molar-refractivity contribution in [2.24, 2.45) is 4.99 Å². The standard InChI is InChI=1S/C15H28N3O/c1-14(2)10-13(11-15(3,4)18(14)19)16-12-17-8-6-5-7-9-17/h12-13H,5-11H2,1-4H3. The molecule has 2 aliphatic rings. The van der Waals surface area contributed by atoms with Gasteiger partial charge >= 0.3 is 0 Å². The smallest absolute Gasteiger partial charge is 0.0853 e. The fourth-order valence-electron chi connectivity index (χ4n) is 3.54. The van der Waals surface area contributed by atoms with E-state index in [9.17, 15) is 5.21 Å². The molecule has 0 unspecified atom stereocenters. The highest BCUT2D eigenvalue weighted by Gasteiger charge is 2.46. The highest BCUT2D eigenvalue weighted by molar-refractivity contribution is 5.55. The van der Waals surface area contributed by atoms with E-state index >= 15 is 0 Å². The lowest BCUT2D eigenvalue weighted by molar-refractivity contribution is -0.288. The van der Waals surface area contributed by atoms with Gasteiger partial charge in [0.15, 0.2) is 0 Å². The SMILES string of the molecule is CC1(C)CC(N=CN2CCCCC2)CC(C)(C)N1[O]. The molecule has 4 heteroatoms. The van der Waals surface area contributed by atoms with Crippen LogP contribution in [-0.4, -0.2) is 46.5 Å². The molecule has 0 aliphatic carbocycles. The maximum atomic E-state index is 12.3. The molecule has 2 aliphatic heterocycles. The first-order valence-corrected chi connectivity index (χ1v) is 7.56. The molecule has 2 rings (SSSR count). The van der Waals surface area contributed by atoms with Crippen LogP contribution in [0.25, 0.3) is 0 Å². The zero-order chi connectivity index (χ0) is 14.1. The van der Waals surface area contributed by atoms with E-state index in [1.807, 2.05) is 34.0 Å². The van der Waals surface area contributed by atoms with Gasteiger partial charge in [0.05, 0.1) is 12.4 Å². The third-order valence-electron chi connectivity index (χ3n) is 4.40. The molecule has 1 radical (unpaired) electrons. The Balaban J connectivity index is 1.99. The van der Waals surface area contributed by atoms with E-state index in [0.29, 0.717) is 0 Å². The van der Waals surface area contributed by atoms with Gasteiger partial charge in [-0.15, -0.1) is 10.3 Å². The summed E-state index contributed by atoms with van der Waals surface area (Å²) in [5.41, 5.74) is -0.628. The Morgan fingerprint density at radius 2 is 1.53 bits per heavy atom. The molecule has 0 amide bonds. The maximum absolute atomic E-state index is 12.3. The monoisotopic (exact) mass is 266 g/mol. The molecule has 0 bridgehead atoms. The summed E-state index contributed by atoms with van der Waals surface area (Å²) in [4.78, 5) is 7.09. The molecular formula is C15H28N3O. The Morgan fingerprint density at radius 1 is 1.00 bits per heavy atom. The Morgan fingerprint density at radius 3 is 2.05 bits per heavy atom. The number of hydroxylamine groups is 2. The van der Waals surface area contributed by atoms with E-state index in [0.717, 1.165) is 25.9 Å². The minimum Gasteiger partial charge on any atom is -0.363 e. The summed E-state index contributed by atoms with van der Waals surface area (Å²) >= 11 is 0. The number of rotatable bonds is 2. The van der Waals surface area contributed by atoms with Crippen LogP contribution >= 0.6 is 0 Å². The minimum atomic E-state index is -0.314. The Bertz CT molecular complexity index is 314. The van der Waals surface area contributed by atoms with Gasteiger partial charge in [0.2, 0.25) is 0 Å². The summed E-state index contributed by atoms with van der Waals surface area (Å²) in [5.74, 6) is 0. The summed E-state index contributed by atoms with van der Waals surface area (Å²) in [7, 11) is 0. The lowest BCUT2D eigenvalue weighted by Gasteiger charge is -2.49. The third kappa shape index (κ3) is 3.48. The molecule has 0 aromatic heterocycles. The van der Waals surface area contributed by atoms with Crippen molar-refractivity contribution in [2.45, 2.75) is 76.9 Å². The summed E-state index contributed by atoms with van der Waals surface area (Å²) < 4.78 is 0. The zero-order valence-electron chi connectivity index (χ0n) is 12.9. The van der Waals surface area contributed by atoms with Crippen molar-refractivity contribution in [3.8, 4) is 0 Å². The highest BCUT2D eigenvalue weighted by atomic mass is 16.5. The molecule has 0 saturated carbocycles. The van der Waals surface area contributed by atoms with Crippen molar-refractivity contribution in [3.05, 3.63) is 0 Å². The van der Waals surface area contributed by atoms with Gasteiger partial charge in [-0.2, -0.15) is 0 Å². The van der Waals surface area contributed by atoms with Crippen molar-refractivity contribution >= 4 is 6.34 Å². The van der Waals surface area contributed by atoms with Crippen molar-refractivity contribution in [1.82, 2.24) is 9.96 Å². The number of aliphatic imine (C=N–C) groups is 1. The molecule has 0 aromatic carbocycles. The van der Waals surface area contributed by atoms with Crippen molar-refractivity contribution in [1.29, 1.82) is 0 Å². The minimum absolute atomic E-state index is 0.275. The molecule has 2 heterocycles. The van der Waals surface area contributed by atoms with E-state index < -0.39 is 0 Å². The van der Waals surface area contributed by atoms with Crippen LogP contribution in [-0.2, 0) is 5.21 Å². The van der Waals surface area contributed by atoms with Gasteiger partial charge in [-0.1, -0.05) is 0 Å². The predicted molar refractivity (Wildman–Crippen MR) is 77.6 cm³/mol. The van der Waals surface area contributed by atoms with Crippen LogP contribution in [0.3, 0.4) is 0 Å². The van der Waals surface area contributed by atoms with Gasteiger partial charge in [0.25, 0.3) is 0 Å². The lowest BCUT2D eigenvalue weighted by atomic mass is 9.79. The summed E-state index contributed by atoms with van der Waals surface area (Å²) in [6.45, 7) is 10.4. The molecule has 0 aromatic rings. The fraction of sp³-hybridized carbons (Fsp3) is 0.933. The topological polar surface area (TPSA) is 38.7 Å². The first-order chi connectivity index (χ1) is 8.81.